The van der Waals surface area contributed by atoms with Gasteiger partial charge in [0.25, 0.3) is 0 Å². The third kappa shape index (κ3) is 5.58. The average Bonchev–Trinajstić information content (AvgIpc) is 3.81. The van der Waals surface area contributed by atoms with Crippen LogP contribution in [-0.4, -0.2) is 56.2 Å². The Morgan fingerprint density at radius 1 is 1.07 bits per heavy atom. The van der Waals surface area contributed by atoms with Crippen molar-refractivity contribution in [2.45, 2.75) is 31.7 Å². The monoisotopic (exact) mass is 576 g/mol. The Bertz CT molecular complexity index is 1640. The molecule has 0 radical (unpaired) electrons. The zero-order chi connectivity index (χ0) is 28.7. The van der Waals surface area contributed by atoms with Gasteiger partial charge in [-0.1, -0.05) is 11.6 Å². The second-order valence-electron chi connectivity index (χ2n) is 10.3. The van der Waals surface area contributed by atoms with E-state index in [1.54, 1.807) is 24.5 Å². The molecule has 4 aromatic rings. The third-order valence-corrected chi connectivity index (χ3v) is 7.62. The van der Waals surface area contributed by atoms with Crippen LogP contribution in [0.5, 0.6) is 5.75 Å². The number of anilines is 3. The number of pyridine rings is 3. The van der Waals surface area contributed by atoms with Crippen molar-refractivity contribution in [1.29, 1.82) is 0 Å². The van der Waals surface area contributed by atoms with E-state index < -0.39 is 17.7 Å². The number of phenolic OH excluding ortho intramolecular Hbond substituents is 1. The van der Waals surface area contributed by atoms with Crippen molar-refractivity contribution >= 4 is 51.7 Å². The molecular weight excluding hydrogens is 551 g/mol. The van der Waals surface area contributed by atoms with E-state index in [-0.39, 0.29) is 22.8 Å². The number of carbonyl (C=O) groups is 2. The van der Waals surface area contributed by atoms with Gasteiger partial charge in [0, 0.05) is 36.8 Å². The van der Waals surface area contributed by atoms with E-state index in [1.165, 1.54) is 6.07 Å². The molecule has 0 bridgehead atoms. The second-order valence-corrected chi connectivity index (χ2v) is 10.7. The van der Waals surface area contributed by atoms with Crippen LogP contribution in [0.25, 0.3) is 22.3 Å². The molecule has 41 heavy (non-hydrogen) atoms. The largest absolute Gasteiger partial charge is 0.504 e. The minimum Gasteiger partial charge on any atom is -0.504 e. The molecule has 0 spiro atoms. The lowest BCUT2D eigenvalue weighted by Crippen LogP contribution is -2.47. The van der Waals surface area contributed by atoms with E-state index in [0.29, 0.717) is 51.6 Å². The Kier molecular flexibility index (Phi) is 7.04. The summed E-state index contributed by atoms with van der Waals surface area (Å²) in [7, 11) is 0. The molecule has 4 N–H and O–H groups in total. The quantitative estimate of drug-likeness (QED) is 0.202. The fourth-order valence-corrected chi connectivity index (χ4v) is 5.30. The van der Waals surface area contributed by atoms with Crippen LogP contribution >= 0.6 is 11.6 Å². The summed E-state index contributed by atoms with van der Waals surface area (Å²) in [6.45, 7) is 1.29. The van der Waals surface area contributed by atoms with Gasteiger partial charge in [-0.25, -0.2) is 19.2 Å². The Morgan fingerprint density at radius 2 is 1.90 bits per heavy atom. The highest BCUT2D eigenvalue weighted by molar-refractivity contribution is 6.32. The first-order valence-corrected chi connectivity index (χ1v) is 13.6. The van der Waals surface area contributed by atoms with Gasteiger partial charge in [0.05, 0.1) is 39.4 Å². The highest BCUT2D eigenvalue weighted by atomic mass is 35.5. The molecule has 2 fully saturated rings. The van der Waals surface area contributed by atoms with Crippen LogP contribution < -0.4 is 15.5 Å². The molecule has 2 aliphatic rings. The maximum atomic E-state index is 14.2. The number of hydrogen-bond acceptors (Lipinski definition) is 8. The van der Waals surface area contributed by atoms with Crippen molar-refractivity contribution in [2.24, 2.45) is 5.92 Å². The maximum Gasteiger partial charge on any atom is 0.404 e. The molecule has 1 saturated carbocycles. The van der Waals surface area contributed by atoms with Gasteiger partial charge in [-0.2, -0.15) is 0 Å². The van der Waals surface area contributed by atoms with E-state index in [9.17, 15) is 19.1 Å². The number of amides is 1. The van der Waals surface area contributed by atoms with Gasteiger partial charge in [0.15, 0.2) is 17.3 Å². The summed E-state index contributed by atoms with van der Waals surface area (Å²) in [4.78, 5) is 40.1. The number of phenols is 1. The number of halogens is 2. The topological polar surface area (TPSA) is 141 Å². The number of piperidine rings is 1. The average molecular weight is 577 g/mol. The first-order chi connectivity index (χ1) is 19.8. The number of nitrogens with zero attached hydrogens (tertiary/aromatic N) is 4. The number of nitrogens with one attached hydrogen (secondary N) is 2. The van der Waals surface area contributed by atoms with Crippen LogP contribution in [-0.2, 0) is 0 Å². The summed E-state index contributed by atoms with van der Waals surface area (Å²) in [5.41, 5.74) is 3.20. The van der Waals surface area contributed by atoms with Crippen LogP contribution in [0.3, 0.4) is 0 Å². The van der Waals surface area contributed by atoms with E-state index in [4.69, 9.17) is 21.7 Å². The molecule has 1 unspecified atom stereocenters. The number of ketones is 1. The Morgan fingerprint density at radius 3 is 2.61 bits per heavy atom. The summed E-state index contributed by atoms with van der Waals surface area (Å²) in [5.74, 6) is -0.870. The van der Waals surface area contributed by atoms with Gasteiger partial charge in [-0.05, 0) is 62.1 Å². The first kappa shape index (κ1) is 26.7. The Hall–Kier alpha value is -4.51. The fourth-order valence-electron chi connectivity index (χ4n) is 5.09. The molecule has 10 nitrogen and oxygen atoms in total. The highest BCUT2D eigenvalue weighted by Gasteiger charge is 2.33. The fraction of sp³-hybridized carbons (Fsp3) is 0.276. The maximum absolute atomic E-state index is 14.2. The van der Waals surface area contributed by atoms with Crippen LogP contribution in [0, 0.1) is 11.7 Å². The van der Waals surface area contributed by atoms with Crippen LogP contribution in [0.1, 0.15) is 36.0 Å². The van der Waals surface area contributed by atoms with Crippen molar-refractivity contribution in [1.82, 2.24) is 20.3 Å². The lowest BCUT2D eigenvalue weighted by atomic mass is 10.0. The first-order valence-electron chi connectivity index (χ1n) is 13.3. The molecule has 1 amide bonds. The molecule has 1 saturated heterocycles. The second kappa shape index (κ2) is 10.8. The van der Waals surface area contributed by atoms with Gasteiger partial charge in [-0.15, -0.1) is 0 Å². The molecule has 3 aromatic heterocycles. The van der Waals surface area contributed by atoms with Crippen molar-refractivity contribution in [2.75, 3.05) is 23.3 Å². The molecule has 1 atom stereocenters. The van der Waals surface area contributed by atoms with Gasteiger partial charge in [0.1, 0.15) is 11.3 Å². The summed E-state index contributed by atoms with van der Waals surface area (Å²) >= 11 is 6.01. The summed E-state index contributed by atoms with van der Waals surface area (Å²) in [6, 6.07) is 9.49. The third-order valence-electron chi connectivity index (χ3n) is 7.33. The lowest BCUT2D eigenvalue weighted by molar-refractivity contribution is 0.0968. The van der Waals surface area contributed by atoms with Crippen molar-refractivity contribution < 1.29 is 24.2 Å². The molecule has 12 heteroatoms. The minimum absolute atomic E-state index is 0.0253. The normalized spacial score (nSPS) is 16.9. The summed E-state index contributed by atoms with van der Waals surface area (Å²) < 4.78 is 14.2. The summed E-state index contributed by atoms with van der Waals surface area (Å²) in [5, 5.41) is 24.5. The van der Waals surface area contributed by atoms with Gasteiger partial charge < -0.3 is 25.7 Å². The predicted molar refractivity (Wildman–Crippen MR) is 153 cm³/mol. The molecule has 1 aromatic carbocycles. The SMILES string of the molecule is O=C(O)NC1CCCN(c2ccc(Nc3c(C(=O)C4CC4)cnc4ccc(-c5cc(F)c(O)c(Cl)c5)nc34)cn2)C1. The van der Waals surface area contributed by atoms with Gasteiger partial charge >= 0.3 is 6.09 Å². The van der Waals surface area contributed by atoms with Crippen molar-refractivity contribution in [3.63, 3.8) is 0 Å². The Labute approximate surface area is 239 Å². The van der Waals surface area contributed by atoms with E-state index in [2.05, 4.69) is 20.6 Å². The Balaban J connectivity index is 1.35. The van der Waals surface area contributed by atoms with Crippen molar-refractivity contribution in [3.8, 4) is 17.0 Å². The number of hydrogen-bond donors (Lipinski definition) is 4. The van der Waals surface area contributed by atoms with Crippen LogP contribution in [0.15, 0.2) is 48.8 Å². The lowest BCUT2D eigenvalue weighted by Gasteiger charge is -2.33. The number of benzene rings is 1. The van der Waals surface area contributed by atoms with Crippen LogP contribution in [0.4, 0.5) is 26.4 Å². The molecule has 1 aliphatic heterocycles. The van der Waals surface area contributed by atoms with Crippen LogP contribution in [0.2, 0.25) is 5.02 Å². The number of fused-ring (bicyclic) bond motifs is 1. The molecule has 210 valence electrons. The zero-order valence-electron chi connectivity index (χ0n) is 21.8. The molecule has 4 heterocycles. The van der Waals surface area contributed by atoms with Crippen molar-refractivity contribution in [3.05, 3.63) is 65.2 Å². The molecule has 6 rings (SSSR count). The minimum atomic E-state index is -1.04. The number of aromatic hydroxyl groups is 1. The number of carboxylic acid groups (broad SMARTS) is 1. The predicted octanol–water partition coefficient (Wildman–Crippen LogP) is 5.76. The van der Waals surface area contributed by atoms with Gasteiger partial charge in [-0.3, -0.25) is 9.78 Å². The molecular formula is C29H26ClFN6O4. The molecule has 1 aliphatic carbocycles. The van der Waals surface area contributed by atoms with E-state index in [0.717, 1.165) is 38.3 Å². The van der Waals surface area contributed by atoms with E-state index in [1.807, 2.05) is 17.0 Å². The van der Waals surface area contributed by atoms with Gasteiger partial charge in [0.2, 0.25) is 0 Å². The highest BCUT2D eigenvalue weighted by Crippen LogP contribution is 2.38. The number of aromatic nitrogens is 3. The van der Waals surface area contributed by atoms with E-state index >= 15 is 0 Å². The number of Topliss-reactive ketones (excluding diaryl/α,β-unsaturated/α-hetero) is 1. The smallest absolute Gasteiger partial charge is 0.404 e. The summed E-state index contributed by atoms with van der Waals surface area (Å²) in [6.07, 6.45) is 5.41. The number of rotatable bonds is 7. The zero-order valence-corrected chi connectivity index (χ0v) is 22.5. The number of carbonyl (C=O) groups excluding carboxylic acids is 1. The standard InChI is InChI=1S/C29H26ClFN6O4/c30-20-10-16(11-21(31)28(20)39)22-6-7-23-26(36-22)25(19(13-32-23)27(38)15-3-4-15)34-17-5-8-24(33-12-17)37-9-1-2-18(14-37)35-29(40)41/h5-8,10-13,15,18,35,39H,1-4,9,14H2,(H,32,34)(H,40,41).